The van der Waals surface area contributed by atoms with Crippen molar-refractivity contribution in [3.63, 3.8) is 0 Å². The van der Waals surface area contributed by atoms with Crippen molar-refractivity contribution in [1.29, 1.82) is 0 Å². The summed E-state index contributed by atoms with van der Waals surface area (Å²) in [6.45, 7) is 10.3. The molecule has 0 atom stereocenters. The maximum absolute atomic E-state index is 4.95. The second-order valence-electron chi connectivity index (χ2n) is 3.95. The van der Waals surface area contributed by atoms with Gasteiger partial charge in [0.2, 0.25) is 0 Å². The largest absolute Gasteiger partial charge is 0.364 e. The van der Waals surface area contributed by atoms with Gasteiger partial charge in [0.05, 0.1) is 0 Å². The van der Waals surface area contributed by atoms with Crippen LogP contribution in [0.2, 0.25) is 0 Å². The van der Waals surface area contributed by atoms with E-state index in [4.69, 9.17) is 4.52 Å². The van der Waals surface area contributed by atoms with Crippen molar-refractivity contribution < 1.29 is 4.52 Å². The summed E-state index contributed by atoms with van der Waals surface area (Å²) in [5.41, 5.74) is 2.17. The Hall–Kier alpha value is -1.05. The fourth-order valence-corrected chi connectivity index (χ4v) is 1.66. The molecule has 0 aliphatic carbocycles. The summed E-state index contributed by atoms with van der Waals surface area (Å²) in [5, 5.41) is 3.89. The van der Waals surface area contributed by atoms with E-state index in [0.717, 1.165) is 24.1 Å². The van der Waals surface area contributed by atoms with Crippen LogP contribution < -0.4 is 0 Å². The van der Waals surface area contributed by atoms with Crippen molar-refractivity contribution in [2.75, 3.05) is 0 Å². The van der Waals surface area contributed by atoms with Gasteiger partial charge in [0.1, 0.15) is 12.0 Å². The fraction of sp³-hybridized carbons (Fsp3) is 0.545. The first-order chi connectivity index (χ1) is 6.11. The standard InChI is InChI=1S/C11H17NO/c1-5-7-11(3,4)9-8-13-12-10(9)6-2/h6,8H,2,5,7H2,1,3-4H3. The summed E-state index contributed by atoms with van der Waals surface area (Å²) >= 11 is 0. The van der Waals surface area contributed by atoms with Crippen molar-refractivity contribution >= 4 is 6.08 Å². The van der Waals surface area contributed by atoms with E-state index in [1.165, 1.54) is 0 Å². The van der Waals surface area contributed by atoms with Crippen LogP contribution in [0, 0.1) is 0 Å². The van der Waals surface area contributed by atoms with Crippen molar-refractivity contribution in [2.45, 2.75) is 39.0 Å². The van der Waals surface area contributed by atoms with Crippen LogP contribution in [0.5, 0.6) is 0 Å². The maximum Gasteiger partial charge on any atom is 0.128 e. The summed E-state index contributed by atoms with van der Waals surface area (Å²) in [5.74, 6) is 0. The third-order valence-electron chi connectivity index (χ3n) is 2.40. The van der Waals surface area contributed by atoms with Crippen LogP contribution in [0.1, 0.15) is 44.9 Å². The Morgan fingerprint density at radius 3 is 2.85 bits per heavy atom. The molecule has 1 aromatic rings. The van der Waals surface area contributed by atoms with Gasteiger partial charge in [-0.3, -0.25) is 0 Å². The average molecular weight is 179 g/mol. The van der Waals surface area contributed by atoms with Gasteiger partial charge in [-0.15, -0.1) is 0 Å². The topological polar surface area (TPSA) is 26.0 Å². The van der Waals surface area contributed by atoms with Gasteiger partial charge in [0.15, 0.2) is 0 Å². The Bertz CT molecular complexity index is 286. The molecule has 0 unspecified atom stereocenters. The molecule has 0 aliphatic rings. The highest BCUT2D eigenvalue weighted by molar-refractivity contribution is 5.47. The highest BCUT2D eigenvalue weighted by Gasteiger charge is 2.24. The lowest BCUT2D eigenvalue weighted by Gasteiger charge is -2.22. The molecular formula is C11H17NO. The third-order valence-corrected chi connectivity index (χ3v) is 2.40. The van der Waals surface area contributed by atoms with E-state index in [-0.39, 0.29) is 5.41 Å². The van der Waals surface area contributed by atoms with Crippen LogP contribution in [-0.4, -0.2) is 5.16 Å². The summed E-state index contributed by atoms with van der Waals surface area (Å²) in [4.78, 5) is 0. The normalized spacial score (nSPS) is 11.6. The zero-order valence-corrected chi connectivity index (χ0v) is 8.63. The van der Waals surface area contributed by atoms with Gasteiger partial charge in [-0.1, -0.05) is 38.9 Å². The monoisotopic (exact) mass is 179 g/mol. The molecular weight excluding hydrogens is 162 g/mol. The number of hydrogen-bond donors (Lipinski definition) is 0. The third kappa shape index (κ3) is 2.00. The molecule has 0 fully saturated rings. The quantitative estimate of drug-likeness (QED) is 0.708. The number of rotatable bonds is 4. The van der Waals surface area contributed by atoms with Crippen LogP contribution in [0.3, 0.4) is 0 Å². The highest BCUT2D eigenvalue weighted by Crippen LogP contribution is 2.30. The molecule has 1 aromatic heterocycles. The molecule has 1 rings (SSSR count). The van der Waals surface area contributed by atoms with E-state index in [1.807, 2.05) is 0 Å². The van der Waals surface area contributed by atoms with Crippen molar-refractivity contribution in [3.8, 4) is 0 Å². The minimum atomic E-state index is 0.137. The lowest BCUT2D eigenvalue weighted by Crippen LogP contribution is -2.16. The van der Waals surface area contributed by atoms with Gasteiger partial charge in [-0.05, 0) is 17.9 Å². The summed E-state index contributed by atoms with van der Waals surface area (Å²) in [7, 11) is 0. The van der Waals surface area contributed by atoms with E-state index in [0.29, 0.717) is 0 Å². The molecule has 0 saturated heterocycles. The fourth-order valence-electron chi connectivity index (χ4n) is 1.66. The molecule has 1 heterocycles. The first kappa shape index (κ1) is 10.0. The van der Waals surface area contributed by atoms with Crippen molar-refractivity contribution in [2.24, 2.45) is 0 Å². The van der Waals surface area contributed by atoms with Crippen LogP contribution in [0.15, 0.2) is 17.4 Å². The molecule has 0 spiro atoms. The first-order valence-corrected chi connectivity index (χ1v) is 4.69. The summed E-state index contributed by atoms with van der Waals surface area (Å²) in [6.07, 6.45) is 5.77. The molecule has 0 aliphatic heterocycles. The molecule has 13 heavy (non-hydrogen) atoms. The summed E-state index contributed by atoms with van der Waals surface area (Å²) in [6, 6.07) is 0. The molecule has 0 amide bonds. The second kappa shape index (κ2) is 3.77. The number of aromatic nitrogens is 1. The van der Waals surface area contributed by atoms with Crippen LogP contribution in [0.4, 0.5) is 0 Å². The Morgan fingerprint density at radius 1 is 1.62 bits per heavy atom. The Labute approximate surface area is 79.6 Å². The van der Waals surface area contributed by atoms with E-state index < -0.39 is 0 Å². The zero-order valence-electron chi connectivity index (χ0n) is 8.63. The van der Waals surface area contributed by atoms with E-state index in [2.05, 4.69) is 32.5 Å². The minimum absolute atomic E-state index is 0.137. The Morgan fingerprint density at radius 2 is 2.31 bits per heavy atom. The van der Waals surface area contributed by atoms with Gasteiger partial charge in [0, 0.05) is 5.56 Å². The van der Waals surface area contributed by atoms with Gasteiger partial charge >= 0.3 is 0 Å². The molecule has 0 radical (unpaired) electrons. The average Bonchev–Trinajstić information content (AvgIpc) is 2.51. The molecule has 2 heteroatoms. The van der Waals surface area contributed by atoms with Crippen LogP contribution in [0.25, 0.3) is 6.08 Å². The first-order valence-electron chi connectivity index (χ1n) is 4.69. The van der Waals surface area contributed by atoms with Gasteiger partial charge in [-0.2, -0.15) is 0 Å². The number of hydrogen-bond acceptors (Lipinski definition) is 2. The molecule has 0 saturated carbocycles. The Kier molecular flexibility index (Phi) is 2.91. The SMILES string of the molecule is C=Cc1nocc1C(C)(C)CCC. The number of nitrogens with zero attached hydrogens (tertiary/aromatic N) is 1. The lowest BCUT2D eigenvalue weighted by molar-refractivity contribution is 0.411. The minimum Gasteiger partial charge on any atom is -0.364 e. The van der Waals surface area contributed by atoms with Crippen LogP contribution >= 0.6 is 0 Å². The lowest BCUT2D eigenvalue weighted by atomic mass is 9.81. The Balaban J connectivity index is 2.98. The molecule has 2 nitrogen and oxygen atoms in total. The molecule has 0 aromatic carbocycles. The second-order valence-corrected chi connectivity index (χ2v) is 3.95. The van der Waals surface area contributed by atoms with Crippen molar-refractivity contribution in [1.82, 2.24) is 5.16 Å². The van der Waals surface area contributed by atoms with Crippen molar-refractivity contribution in [3.05, 3.63) is 24.1 Å². The predicted molar refractivity (Wildman–Crippen MR) is 54.5 cm³/mol. The molecule has 0 bridgehead atoms. The van der Waals surface area contributed by atoms with E-state index in [1.54, 1.807) is 12.3 Å². The predicted octanol–water partition coefficient (Wildman–Crippen LogP) is 3.40. The van der Waals surface area contributed by atoms with E-state index >= 15 is 0 Å². The smallest absolute Gasteiger partial charge is 0.128 e. The van der Waals surface area contributed by atoms with Gasteiger partial charge < -0.3 is 4.52 Å². The van der Waals surface area contributed by atoms with E-state index in [9.17, 15) is 0 Å². The summed E-state index contributed by atoms with van der Waals surface area (Å²) < 4.78 is 4.95. The van der Waals surface area contributed by atoms with Crippen LogP contribution in [-0.2, 0) is 5.41 Å². The zero-order chi connectivity index (χ0) is 9.90. The molecule has 72 valence electrons. The maximum atomic E-state index is 4.95. The molecule has 0 N–H and O–H groups in total. The van der Waals surface area contributed by atoms with Gasteiger partial charge in [-0.25, -0.2) is 0 Å². The van der Waals surface area contributed by atoms with Gasteiger partial charge in [0.25, 0.3) is 0 Å². The highest BCUT2D eigenvalue weighted by atomic mass is 16.5.